The summed E-state index contributed by atoms with van der Waals surface area (Å²) in [4.78, 5) is 4.27. The first-order valence-electron chi connectivity index (χ1n) is 5.91. The maximum absolute atomic E-state index is 5.81. The zero-order valence-corrected chi connectivity index (χ0v) is 10.4. The second-order valence-corrected chi connectivity index (χ2v) is 3.90. The van der Waals surface area contributed by atoms with E-state index in [0.29, 0.717) is 12.5 Å². The van der Waals surface area contributed by atoms with Gasteiger partial charge in [-0.25, -0.2) is 4.99 Å². The van der Waals surface area contributed by atoms with Crippen molar-refractivity contribution in [3.63, 3.8) is 0 Å². The van der Waals surface area contributed by atoms with Crippen molar-refractivity contribution in [1.82, 2.24) is 9.78 Å². The minimum atomic E-state index is 0.398. The fourth-order valence-corrected chi connectivity index (χ4v) is 1.55. The first-order chi connectivity index (χ1) is 8.78. The summed E-state index contributed by atoms with van der Waals surface area (Å²) in [5, 5.41) is 7.16. The molecule has 0 aliphatic rings. The van der Waals surface area contributed by atoms with Gasteiger partial charge in [-0.15, -0.1) is 0 Å². The van der Waals surface area contributed by atoms with Crippen LogP contribution in [0.5, 0.6) is 0 Å². The molecule has 0 saturated carbocycles. The molecule has 5 nitrogen and oxygen atoms in total. The van der Waals surface area contributed by atoms with E-state index in [4.69, 9.17) is 5.73 Å². The van der Waals surface area contributed by atoms with Crippen LogP contribution in [-0.2, 0) is 13.1 Å². The Hall–Kier alpha value is -2.30. The van der Waals surface area contributed by atoms with E-state index < -0.39 is 0 Å². The van der Waals surface area contributed by atoms with E-state index >= 15 is 0 Å². The summed E-state index contributed by atoms with van der Waals surface area (Å²) in [7, 11) is 0. The average Bonchev–Trinajstić information content (AvgIpc) is 2.85. The Bertz CT molecular complexity index is 515. The van der Waals surface area contributed by atoms with Gasteiger partial charge in [0.05, 0.1) is 18.4 Å². The first-order valence-corrected chi connectivity index (χ1v) is 5.91. The Kier molecular flexibility index (Phi) is 3.96. The molecule has 0 bridgehead atoms. The van der Waals surface area contributed by atoms with Crippen molar-refractivity contribution < 1.29 is 0 Å². The van der Waals surface area contributed by atoms with Gasteiger partial charge in [-0.05, 0) is 12.5 Å². The highest BCUT2D eigenvalue weighted by Crippen LogP contribution is 2.04. The van der Waals surface area contributed by atoms with Gasteiger partial charge < -0.3 is 11.1 Å². The van der Waals surface area contributed by atoms with E-state index in [0.717, 1.165) is 17.8 Å². The van der Waals surface area contributed by atoms with Crippen LogP contribution in [0.4, 0.5) is 5.69 Å². The zero-order chi connectivity index (χ0) is 12.8. The molecule has 2 rings (SSSR count). The number of aliphatic imine (C=N–C) groups is 1. The molecule has 1 aromatic heterocycles. The van der Waals surface area contributed by atoms with E-state index in [-0.39, 0.29) is 0 Å². The fourth-order valence-electron chi connectivity index (χ4n) is 1.55. The summed E-state index contributed by atoms with van der Waals surface area (Å²) in [6, 6.07) is 9.99. The number of rotatable bonds is 4. The van der Waals surface area contributed by atoms with Gasteiger partial charge in [0, 0.05) is 12.7 Å². The van der Waals surface area contributed by atoms with Gasteiger partial charge in [-0.2, -0.15) is 5.10 Å². The van der Waals surface area contributed by atoms with Crippen LogP contribution in [0.1, 0.15) is 12.5 Å². The summed E-state index contributed by atoms with van der Waals surface area (Å²) < 4.78 is 1.83. The molecule has 0 aliphatic carbocycles. The quantitative estimate of drug-likeness (QED) is 0.636. The van der Waals surface area contributed by atoms with E-state index in [9.17, 15) is 0 Å². The smallest absolute Gasteiger partial charge is 0.193 e. The molecule has 5 heteroatoms. The van der Waals surface area contributed by atoms with Gasteiger partial charge in [0.2, 0.25) is 0 Å². The number of nitrogens with two attached hydrogens (primary N) is 1. The Morgan fingerprint density at radius 2 is 2.17 bits per heavy atom. The third-order valence-electron chi connectivity index (χ3n) is 2.50. The standard InChI is InChI=1S/C13H17N5/c1-2-18-10-12(9-16-18)17-13(14)15-8-11-6-4-3-5-7-11/h3-7,9-10H,2,8H2,1H3,(H3,14,15,17). The molecule has 18 heavy (non-hydrogen) atoms. The summed E-state index contributed by atoms with van der Waals surface area (Å²) in [5.74, 6) is 0.398. The molecule has 0 aliphatic heterocycles. The van der Waals surface area contributed by atoms with Crippen LogP contribution in [0.25, 0.3) is 0 Å². The highest BCUT2D eigenvalue weighted by atomic mass is 15.3. The predicted octanol–water partition coefficient (Wildman–Crippen LogP) is 1.83. The van der Waals surface area contributed by atoms with Gasteiger partial charge in [-0.3, -0.25) is 4.68 Å². The van der Waals surface area contributed by atoms with Crippen LogP contribution in [0.15, 0.2) is 47.7 Å². The SMILES string of the molecule is CCn1cc(NC(N)=NCc2ccccc2)cn1. The van der Waals surface area contributed by atoms with Gasteiger partial charge in [-0.1, -0.05) is 30.3 Å². The molecule has 3 N–H and O–H groups in total. The number of nitrogens with one attached hydrogen (secondary N) is 1. The molecule has 0 atom stereocenters. The number of hydrogen-bond donors (Lipinski definition) is 2. The molecular formula is C13H17N5. The van der Waals surface area contributed by atoms with Crippen molar-refractivity contribution in [1.29, 1.82) is 0 Å². The number of aromatic nitrogens is 2. The van der Waals surface area contributed by atoms with Crippen LogP contribution >= 0.6 is 0 Å². The lowest BCUT2D eigenvalue weighted by molar-refractivity contribution is 0.660. The topological polar surface area (TPSA) is 68.2 Å². The number of aryl methyl sites for hydroxylation is 1. The monoisotopic (exact) mass is 243 g/mol. The molecule has 0 amide bonds. The first kappa shape index (κ1) is 12.2. The molecule has 0 spiro atoms. The lowest BCUT2D eigenvalue weighted by Gasteiger charge is -2.02. The predicted molar refractivity (Wildman–Crippen MR) is 73.3 cm³/mol. The highest BCUT2D eigenvalue weighted by Gasteiger charge is 1.98. The molecule has 1 heterocycles. The number of anilines is 1. The van der Waals surface area contributed by atoms with Gasteiger partial charge >= 0.3 is 0 Å². The summed E-state index contributed by atoms with van der Waals surface area (Å²) in [5.41, 5.74) is 7.79. The Morgan fingerprint density at radius 1 is 1.39 bits per heavy atom. The van der Waals surface area contributed by atoms with Crippen LogP contribution in [0, 0.1) is 0 Å². The molecular weight excluding hydrogens is 226 g/mol. The molecule has 2 aromatic rings. The third kappa shape index (κ3) is 3.35. The number of benzene rings is 1. The largest absolute Gasteiger partial charge is 0.370 e. The zero-order valence-electron chi connectivity index (χ0n) is 10.4. The summed E-state index contributed by atoms with van der Waals surface area (Å²) in [6.45, 7) is 3.44. The van der Waals surface area contributed by atoms with Gasteiger partial charge in [0.1, 0.15) is 0 Å². The second-order valence-electron chi connectivity index (χ2n) is 3.90. The highest BCUT2D eigenvalue weighted by molar-refractivity contribution is 5.91. The number of hydrogen-bond acceptors (Lipinski definition) is 2. The third-order valence-corrected chi connectivity index (χ3v) is 2.50. The molecule has 94 valence electrons. The van der Waals surface area contributed by atoms with Gasteiger partial charge in [0.25, 0.3) is 0 Å². The van der Waals surface area contributed by atoms with Crippen molar-refractivity contribution in [3.05, 3.63) is 48.3 Å². The average molecular weight is 243 g/mol. The van der Waals surface area contributed by atoms with Crippen LogP contribution in [0.3, 0.4) is 0 Å². The van der Waals surface area contributed by atoms with Crippen molar-refractivity contribution in [2.24, 2.45) is 10.7 Å². The maximum Gasteiger partial charge on any atom is 0.193 e. The number of nitrogens with zero attached hydrogens (tertiary/aromatic N) is 3. The molecule has 0 radical (unpaired) electrons. The minimum absolute atomic E-state index is 0.398. The molecule has 0 saturated heterocycles. The lowest BCUT2D eigenvalue weighted by Crippen LogP contribution is -2.22. The molecule has 0 unspecified atom stereocenters. The molecule has 0 fully saturated rings. The van der Waals surface area contributed by atoms with E-state index in [1.807, 2.05) is 48.1 Å². The molecule has 1 aromatic carbocycles. The van der Waals surface area contributed by atoms with E-state index in [1.165, 1.54) is 0 Å². The van der Waals surface area contributed by atoms with E-state index in [1.54, 1.807) is 6.20 Å². The lowest BCUT2D eigenvalue weighted by atomic mass is 10.2. The normalized spacial score (nSPS) is 11.5. The number of guanidine groups is 1. The van der Waals surface area contributed by atoms with E-state index in [2.05, 4.69) is 15.4 Å². The van der Waals surface area contributed by atoms with Crippen LogP contribution < -0.4 is 11.1 Å². The Morgan fingerprint density at radius 3 is 2.83 bits per heavy atom. The van der Waals surface area contributed by atoms with Crippen molar-refractivity contribution >= 4 is 11.6 Å². The van der Waals surface area contributed by atoms with Crippen molar-refractivity contribution in [3.8, 4) is 0 Å². The summed E-state index contributed by atoms with van der Waals surface area (Å²) >= 11 is 0. The summed E-state index contributed by atoms with van der Waals surface area (Å²) in [6.07, 6.45) is 3.62. The van der Waals surface area contributed by atoms with Gasteiger partial charge in [0.15, 0.2) is 5.96 Å². The Balaban J connectivity index is 1.93. The maximum atomic E-state index is 5.81. The van der Waals surface area contributed by atoms with Crippen molar-refractivity contribution in [2.75, 3.05) is 5.32 Å². The fraction of sp³-hybridized carbons (Fsp3) is 0.231. The second kappa shape index (κ2) is 5.86. The van der Waals surface area contributed by atoms with Crippen molar-refractivity contribution in [2.45, 2.75) is 20.0 Å². The minimum Gasteiger partial charge on any atom is -0.370 e. The van der Waals surface area contributed by atoms with Crippen LogP contribution in [0.2, 0.25) is 0 Å². The van der Waals surface area contributed by atoms with Crippen LogP contribution in [-0.4, -0.2) is 15.7 Å². The Labute approximate surface area is 106 Å².